The Balaban J connectivity index is 1.67. The number of pyridine rings is 2. The van der Waals surface area contributed by atoms with E-state index in [9.17, 15) is 9.46 Å². The van der Waals surface area contributed by atoms with Gasteiger partial charge >= 0.3 is 7.82 Å². The maximum absolute atomic E-state index is 11.5. The molecule has 0 aliphatic rings. The molecule has 1 unspecified atom stereocenters. The number of hydrogen-bond donors (Lipinski definition) is 2. The molecule has 3 rings (SSSR count). The Labute approximate surface area is 185 Å². The van der Waals surface area contributed by atoms with Gasteiger partial charge in [-0.25, -0.2) is 18.6 Å². The Kier molecular flexibility index (Phi) is 7.76. The van der Waals surface area contributed by atoms with Crippen LogP contribution in [0.3, 0.4) is 0 Å². The number of nitrogen functional groups attached to an aromatic ring is 1. The molecule has 10 nitrogen and oxygen atoms in total. The summed E-state index contributed by atoms with van der Waals surface area (Å²) in [6.45, 7) is 4.23. The second-order valence-electron chi connectivity index (χ2n) is 7.14. The van der Waals surface area contributed by atoms with Gasteiger partial charge in [-0.2, -0.15) is 0 Å². The molecule has 0 bridgehead atoms. The van der Waals surface area contributed by atoms with Crippen molar-refractivity contribution >= 4 is 13.6 Å². The van der Waals surface area contributed by atoms with E-state index in [1.807, 2.05) is 32.1 Å². The first kappa shape index (κ1) is 23.6. The van der Waals surface area contributed by atoms with Crippen molar-refractivity contribution in [1.29, 1.82) is 0 Å². The molecule has 0 aliphatic heterocycles. The normalized spacial score (nSPS) is 12.9. The maximum atomic E-state index is 11.5. The number of allylic oxidation sites excluding steroid dienone is 1. The van der Waals surface area contributed by atoms with Crippen LogP contribution >= 0.6 is 7.82 Å². The van der Waals surface area contributed by atoms with Crippen LogP contribution < -0.4 is 15.0 Å². The molecule has 0 saturated heterocycles. The minimum Gasteiger partial charge on any atom is -0.473 e. The van der Waals surface area contributed by atoms with E-state index >= 15 is 0 Å². The molecule has 0 aliphatic carbocycles. The first-order valence-corrected chi connectivity index (χ1v) is 11.2. The molecule has 3 heterocycles. The van der Waals surface area contributed by atoms with E-state index in [0.29, 0.717) is 35.9 Å². The van der Waals surface area contributed by atoms with Crippen LogP contribution in [0.4, 0.5) is 5.82 Å². The number of rotatable bonds is 10. The summed E-state index contributed by atoms with van der Waals surface area (Å²) in [5.74, 6) is 1.29. The van der Waals surface area contributed by atoms with Crippen molar-refractivity contribution < 1.29 is 32.3 Å². The van der Waals surface area contributed by atoms with Gasteiger partial charge in [0.2, 0.25) is 12.6 Å². The second-order valence-corrected chi connectivity index (χ2v) is 8.70. The summed E-state index contributed by atoms with van der Waals surface area (Å²) >= 11 is 0. The lowest BCUT2D eigenvalue weighted by molar-refractivity contribution is -0.711. The number of phosphoric acid groups is 1. The van der Waals surface area contributed by atoms with Crippen LogP contribution in [0.5, 0.6) is 5.88 Å². The highest BCUT2D eigenvalue weighted by Crippen LogP contribution is 2.41. The molecular formula is C21H26N4O6P+. The summed E-state index contributed by atoms with van der Waals surface area (Å²) in [5, 5.41) is 4.11. The fourth-order valence-electron chi connectivity index (χ4n) is 2.70. The Morgan fingerprint density at radius 3 is 2.84 bits per heavy atom. The van der Waals surface area contributed by atoms with Crippen molar-refractivity contribution in [3.05, 3.63) is 65.6 Å². The van der Waals surface area contributed by atoms with Crippen LogP contribution in [0.15, 0.2) is 58.9 Å². The van der Waals surface area contributed by atoms with Gasteiger partial charge in [-0.3, -0.25) is 10.3 Å². The Hall–Kier alpha value is -3.04. The largest absolute Gasteiger partial charge is 0.475 e. The first-order chi connectivity index (χ1) is 15.3. The quantitative estimate of drug-likeness (QED) is 0.265. The summed E-state index contributed by atoms with van der Waals surface area (Å²) in [6.07, 6.45) is 5.84. The smallest absolute Gasteiger partial charge is 0.473 e. The second kappa shape index (κ2) is 10.5. The molecule has 170 valence electrons. The number of aromatic nitrogens is 3. The number of nitrogens with two attached hydrogens (primary N) is 1. The third-order valence-electron chi connectivity index (χ3n) is 4.44. The zero-order valence-electron chi connectivity index (χ0n) is 18.1. The number of ether oxygens (including phenoxy) is 1. The highest BCUT2D eigenvalue weighted by molar-refractivity contribution is 7.47. The zero-order valence-corrected chi connectivity index (χ0v) is 19.0. The first-order valence-electron chi connectivity index (χ1n) is 9.75. The van der Waals surface area contributed by atoms with Gasteiger partial charge in [-0.05, 0) is 37.6 Å². The van der Waals surface area contributed by atoms with Crippen molar-refractivity contribution in [3.8, 4) is 17.2 Å². The summed E-state index contributed by atoms with van der Waals surface area (Å²) in [6, 6.07) is 8.98. The summed E-state index contributed by atoms with van der Waals surface area (Å²) in [7, 11) is -3.04. The van der Waals surface area contributed by atoms with Crippen LogP contribution in [0.2, 0.25) is 0 Å². The zero-order chi connectivity index (χ0) is 23.1. The Morgan fingerprint density at radius 2 is 2.16 bits per heavy atom. The van der Waals surface area contributed by atoms with Gasteiger partial charge in [0, 0.05) is 31.9 Å². The molecule has 0 aromatic carbocycles. The van der Waals surface area contributed by atoms with Gasteiger partial charge in [0.15, 0.2) is 5.76 Å². The third kappa shape index (κ3) is 6.48. The molecule has 0 fully saturated rings. The topological polar surface area (TPSA) is 134 Å². The van der Waals surface area contributed by atoms with Crippen molar-refractivity contribution in [1.82, 2.24) is 10.1 Å². The fourth-order valence-corrected chi connectivity index (χ4v) is 3.07. The minimum absolute atomic E-state index is 0.268. The summed E-state index contributed by atoms with van der Waals surface area (Å²) in [4.78, 5) is 13.7. The lowest BCUT2D eigenvalue weighted by atomic mass is 10.1. The number of phosphoric ester groups is 1. The fraction of sp³-hybridized carbons (Fsp3) is 0.286. The molecule has 3 aromatic rings. The predicted octanol–water partition coefficient (Wildman–Crippen LogP) is 3.26. The van der Waals surface area contributed by atoms with Gasteiger partial charge in [0.25, 0.3) is 5.82 Å². The number of hydrogen-bond acceptors (Lipinski definition) is 8. The van der Waals surface area contributed by atoms with E-state index in [2.05, 4.69) is 14.7 Å². The van der Waals surface area contributed by atoms with Crippen LogP contribution in [-0.2, 0) is 26.8 Å². The van der Waals surface area contributed by atoms with E-state index in [0.717, 1.165) is 12.7 Å². The lowest BCUT2D eigenvalue weighted by Gasteiger charge is -2.09. The van der Waals surface area contributed by atoms with E-state index < -0.39 is 7.82 Å². The van der Waals surface area contributed by atoms with Gasteiger partial charge in [0.1, 0.15) is 12.2 Å². The third-order valence-corrected chi connectivity index (χ3v) is 5.34. The molecule has 11 heteroatoms. The summed E-state index contributed by atoms with van der Waals surface area (Å²) in [5.41, 5.74) is 9.58. The van der Waals surface area contributed by atoms with Crippen LogP contribution in [0.1, 0.15) is 25.1 Å². The molecular weight excluding hydrogens is 435 g/mol. The number of anilines is 1. The maximum Gasteiger partial charge on any atom is 0.475 e. The summed E-state index contributed by atoms with van der Waals surface area (Å²) < 4.78 is 33.3. The molecule has 0 spiro atoms. The lowest BCUT2D eigenvalue weighted by Crippen LogP contribution is -2.38. The van der Waals surface area contributed by atoms with Gasteiger partial charge < -0.3 is 14.2 Å². The molecule has 0 radical (unpaired) electrons. The molecule has 0 amide bonds. The van der Waals surface area contributed by atoms with E-state index in [1.165, 1.54) is 10.1 Å². The van der Waals surface area contributed by atoms with E-state index in [-0.39, 0.29) is 12.5 Å². The molecule has 3 aromatic heterocycles. The molecule has 1 atom stereocenters. The Bertz CT molecular complexity index is 1130. The highest BCUT2D eigenvalue weighted by atomic mass is 31.2. The molecule has 3 N–H and O–H groups in total. The predicted molar refractivity (Wildman–Crippen MR) is 116 cm³/mol. The number of nitrogens with zero attached hydrogens (tertiary/aromatic N) is 3. The van der Waals surface area contributed by atoms with E-state index in [1.54, 1.807) is 30.6 Å². The molecule has 32 heavy (non-hydrogen) atoms. The van der Waals surface area contributed by atoms with Gasteiger partial charge in [-0.1, -0.05) is 16.8 Å². The standard InChI is InChI=1S/C21H25N4O6P/c1-15(2)8-10-29-20-7-6-16(13-23-20)11-17-12-19(31-24-17)18-5-4-9-25(21(18)22)14-30-32(26,27)28-3/h4-9,12-13,22H,10-11,14H2,1-3H3,(H,26,27)/p+1. The van der Waals surface area contributed by atoms with Crippen molar-refractivity contribution in [2.24, 2.45) is 0 Å². The monoisotopic (exact) mass is 461 g/mol. The van der Waals surface area contributed by atoms with Crippen LogP contribution in [-0.4, -0.2) is 28.8 Å². The van der Waals surface area contributed by atoms with Gasteiger partial charge in [-0.15, -0.1) is 0 Å². The van der Waals surface area contributed by atoms with Crippen molar-refractivity contribution in [2.75, 3.05) is 19.5 Å². The van der Waals surface area contributed by atoms with Crippen molar-refractivity contribution in [3.63, 3.8) is 0 Å². The van der Waals surface area contributed by atoms with Gasteiger partial charge in [0.05, 0.1) is 11.9 Å². The minimum atomic E-state index is -4.13. The molecule has 0 saturated carbocycles. The average Bonchev–Trinajstić information content (AvgIpc) is 3.22. The Morgan fingerprint density at radius 1 is 1.34 bits per heavy atom. The van der Waals surface area contributed by atoms with Crippen LogP contribution in [0, 0.1) is 0 Å². The average molecular weight is 461 g/mol. The highest BCUT2D eigenvalue weighted by Gasteiger charge is 2.22. The SMILES string of the molecule is COP(=O)(O)OC[n+]1cccc(-c2cc(Cc3ccc(OCC=C(C)C)nc3)no2)c1N. The van der Waals surface area contributed by atoms with E-state index in [4.69, 9.17) is 19.5 Å². The van der Waals surface area contributed by atoms with Crippen LogP contribution in [0.25, 0.3) is 11.3 Å². The van der Waals surface area contributed by atoms with Crippen molar-refractivity contribution in [2.45, 2.75) is 27.0 Å².